The molecule has 274 valence electrons. The minimum absolute atomic E-state index is 0. The first kappa shape index (κ1) is 42.7. The number of carbonyl (C=O) groups excluding carboxylic acids is 2. The second-order valence-corrected chi connectivity index (χ2v) is 11.9. The molecule has 2 aliphatic rings. The Morgan fingerprint density at radius 2 is 1.14 bits per heavy atom. The normalized spacial score (nSPS) is 11.3. The van der Waals surface area contributed by atoms with Crippen LogP contribution in [-0.4, -0.2) is 31.5 Å². The van der Waals surface area contributed by atoms with Crippen LogP contribution in [0.2, 0.25) is 0 Å². The number of aromatic nitrogens is 4. The van der Waals surface area contributed by atoms with Gasteiger partial charge in [-0.2, -0.15) is 0 Å². The number of H-pyrrole nitrogens is 1. The summed E-state index contributed by atoms with van der Waals surface area (Å²) in [4.78, 5) is 32.6. The van der Waals surface area contributed by atoms with E-state index in [9.17, 15) is 0 Å². The molecule has 0 atom stereocenters. The minimum Gasteiger partial charge on any atom is -0.545 e. The number of hydrogen-bond donors (Lipinski definition) is 1. The van der Waals surface area contributed by atoms with Crippen molar-refractivity contribution < 1.29 is 36.3 Å². The largest absolute Gasteiger partial charge is 2.00 e. The van der Waals surface area contributed by atoms with Gasteiger partial charge in [0.15, 0.2) is 0 Å². The molecule has 5 heterocycles. The molecule has 3 aromatic rings. The van der Waals surface area contributed by atoms with Gasteiger partial charge in [-0.25, -0.2) is 9.97 Å². The SMILES string of the molecule is C=CC(=O)[O-].C=CC(=O)[O-].CCC1=Cc2cc3nc(cc4c(CC)c(CC)c(c(CC)c5[nH]c(c(CC)c1n2)c(CC)c5CC)n4CC)C=C3.[Ni+2]. The third-order valence-corrected chi connectivity index (χ3v) is 9.20. The summed E-state index contributed by atoms with van der Waals surface area (Å²) < 4.78 is 2.57. The molecule has 0 amide bonds. The van der Waals surface area contributed by atoms with Crippen LogP contribution in [0.4, 0.5) is 0 Å². The molecule has 0 aliphatic carbocycles. The molecule has 5 rings (SSSR count). The molecule has 0 saturated carbocycles. The standard InChI is InChI=1S/C36H46N4.2C3H4O2.Ni/c1-9-22-19-25-20-23-17-18-24(37-23)21-32-26(10-2)29(13-5)36(40(32)16-8)31(15-7)35-28(12-4)27(11-3)34(39-35)30(14-6)33(22)38-25;2*1-2-3(4)5;/h17-21,39H,9-16H2,1-8H3;2*2H,1H2,(H,4,5);/q;;;+2/p-2. The van der Waals surface area contributed by atoms with Crippen LogP contribution in [-0.2, 0) is 71.2 Å². The van der Waals surface area contributed by atoms with Gasteiger partial charge in [0.05, 0.1) is 34.7 Å². The fourth-order valence-corrected chi connectivity index (χ4v) is 7.09. The third kappa shape index (κ3) is 9.25. The van der Waals surface area contributed by atoms with Crippen molar-refractivity contribution in [3.8, 4) is 0 Å². The number of carboxylic acids is 2. The average molecular weight is 736 g/mol. The monoisotopic (exact) mass is 734 g/mol. The summed E-state index contributed by atoms with van der Waals surface area (Å²) in [7, 11) is 0. The second kappa shape index (κ2) is 19.8. The number of rotatable bonds is 10. The molecule has 2 aliphatic heterocycles. The Kier molecular flexibility index (Phi) is 16.6. The maximum absolute atomic E-state index is 9.14. The van der Waals surface area contributed by atoms with E-state index in [1.807, 2.05) is 0 Å². The maximum Gasteiger partial charge on any atom is 2.00 e. The van der Waals surface area contributed by atoms with Crippen molar-refractivity contribution in [2.75, 3.05) is 0 Å². The molecule has 0 aromatic carbocycles. The van der Waals surface area contributed by atoms with Gasteiger partial charge < -0.3 is 29.4 Å². The molecular weight excluding hydrogens is 683 g/mol. The predicted octanol–water partition coefficient (Wildman–Crippen LogP) is 7.15. The summed E-state index contributed by atoms with van der Waals surface area (Å²) in [6, 6.07) is 4.45. The van der Waals surface area contributed by atoms with Gasteiger partial charge in [-0.3, -0.25) is 0 Å². The van der Waals surface area contributed by atoms with Gasteiger partial charge in [0.1, 0.15) is 0 Å². The first-order valence-electron chi connectivity index (χ1n) is 17.9. The first-order chi connectivity index (χ1) is 24.0. The number of aryl methyl sites for hydroxylation is 7. The Balaban J connectivity index is 0.000000723. The molecule has 0 spiro atoms. The van der Waals surface area contributed by atoms with Crippen molar-refractivity contribution in [2.24, 2.45) is 0 Å². The van der Waals surface area contributed by atoms with E-state index in [1.165, 1.54) is 61.0 Å². The molecule has 0 saturated heterocycles. The zero-order valence-corrected chi connectivity index (χ0v) is 32.4. The van der Waals surface area contributed by atoms with E-state index in [-0.39, 0.29) is 16.5 Å². The van der Waals surface area contributed by atoms with Crippen LogP contribution in [0, 0.1) is 0 Å². The van der Waals surface area contributed by atoms with E-state index in [0.29, 0.717) is 0 Å². The third-order valence-electron chi connectivity index (χ3n) is 9.20. The van der Waals surface area contributed by atoms with Gasteiger partial charge in [0, 0.05) is 34.2 Å². The molecule has 0 radical (unpaired) electrons. The van der Waals surface area contributed by atoms with E-state index in [4.69, 9.17) is 29.8 Å². The number of aliphatic carboxylic acids is 2. The van der Waals surface area contributed by atoms with Gasteiger partial charge in [0.2, 0.25) is 0 Å². The van der Waals surface area contributed by atoms with Crippen LogP contribution in [0.15, 0.2) is 37.4 Å². The number of carboxylic acid groups (broad SMARTS) is 2. The Hall–Kier alpha value is -4.49. The maximum atomic E-state index is 9.14. The van der Waals surface area contributed by atoms with Gasteiger partial charge in [-0.1, -0.05) is 61.6 Å². The van der Waals surface area contributed by atoms with Crippen LogP contribution < -0.4 is 10.2 Å². The molecule has 0 unspecified atom stereocenters. The van der Waals surface area contributed by atoms with E-state index in [0.717, 1.165) is 86.4 Å². The summed E-state index contributed by atoms with van der Waals surface area (Å²) in [6.07, 6.45) is 14.9. The van der Waals surface area contributed by atoms with Gasteiger partial charge in [-0.15, -0.1) is 0 Å². The van der Waals surface area contributed by atoms with E-state index >= 15 is 0 Å². The number of aromatic amines is 1. The second-order valence-electron chi connectivity index (χ2n) is 11.9. The van der Waals surface area contributed by atoms with Crippen LogP contribution >= 0.6 is 0 Å². The van der Waals surface area contributed by atoms with Crippen LogP contribution in [0.5, 0.6) is 0 Å². The Morgan fingerprint density at radius 1 is 0.667 bits per heavy atom. The number of hydrogen-bond acceptors (Lipinski definition) is 6. The van der Waals surface area contributed by atoms with Gasteiger partial charge >= 0.3 is 16.5 Å². The fraction of sp³-hybridized carbons (Fsp3) is 0.381. The summed E-state index contributed by atoms with van der Waals surface area (Å²) in [5.74, 6) is -2.46. The average Bonchev–Trinajstić information content (AvgIpc) is 3.89. The van der Waals surface area contributed by atoms with E-state index in [2.05, 4.69) is 108 Å². The summed E-state index contributed by atoms with van der Waals surface area (Å²) in [6.45, 7) is 25.1. The zero-order chi connectivity index (χ0) is 37.1. The summed E-state index contributed by atoms with van der Waals surface area (Å²) in [5, 5.41) is 18.3. The molecule has 51 heavy (non-hydrogen) atoms. The van der Waals surface area contributed by atoms with Gasteiger partial charge in [-0.05, 0) is 128 Å². The molecule has 9 heteroatoms. The quantitative estimate of drug-likeness (QED) is 0.136. The van der Waals surface area contributed by atoms with Crippen molar-refractivity contribution in [1.82, 2.24) is 19.5 Å². The van der Waals surface area contributed by atoms with Crippen LogP contribution in [0.25, 0.3) is 45.9 Å². The van der Waals surface area contributed by atoms with Crippen molar-refractivity contribution in [3.63, 3.8) is 0 Å². The van der Waals surface area contributed by atoms with Crippen molar-refractivity contribution >= 4 is 57.8 Å². The van der Waals surface area contributed by atoms with Crippen molar-refractivity contribution in [1.29, 1.82) is 0 Å². The molecule has 1 N–H and O–H groups in total. The molecule has 8 bridgehead atoms. The molecule has 0 fully saturated rings. The molecule has 3 aromatic heterocycles. The van der Waals surface area contributed by atoms with E-state index in [1.54, 1.807) is 0 Å². The molecular formula is C42H52N4NiO4. The fourth-order valence-electron chi connectivity index (χ4n) is 7.09. The van der Waals surface area contributed by atoms with Crippen molar-refractivity contribution in [3.05, 3.63) is 93.6 Å². The van der Waals surface area contributed by atoms with Crippen LogP contribution in [0.3, 0.4) is 0 Å². The number of nitrogens with one attached hydrogen (secondary N) is 1. The Bertz CT molecular complexity index is 1980. The van der Waals surface area contributed by atoms with Gasteiger partial charge in [0.25, 0.3) is 0 Å². The van der Waals surface area contributed by atoms with Crippen molar-refractivity contribution in [2.45, 2.75) is 107 Å². The number of nitrogens with zero attached hydrogens (tertiary/aromatic N) is 3. The van der Waals surface area contributed by atoms with Crippen LogP contribution in [0.1, 0.15) is 118 Å². The Labute approximate surface area is 313 Å². The van der Waals surface area contributed by atoms with E-state index < -0.39 is 11.9 Å². The predicted molar refractivity (Wildman–Crippen MR) is 204 cm³/mol. The molecule has 8 nitrogen and oxygen atoms in total. The number of allylic oxidation sites excluding steroid dienone is 1. The first-order valence-corrected chi connectivity index (χ1v) is 17.9. The summed E-state index contributed by atoms with van der Waals surface area (Å²) >= 11 is 0. The topological polar surface area (TPSA) is 127 Å². The number of fused-ring (bicyclic) bond motifs is 8. The number of carbonyl (C=O) groups is 2. The zero-order valence-electron chi connectivity index (χ0n) is 31.4. The summed E-state index contributed by atoms with van der Waals surface area (Å²) in [5.41, 5.74) is 19.4. The smallest absolute Gasteiger partial charge is 0.545 e. The minimum atomic E-state index is -1.23. The Morgan fingerprint density at radius 3 is 1.57 bits per heavy atom.